The molecule has 2 aliphatic heterocycles. The molecule has 0 spiro atoms. The second kappa shape index (κ2) is 3.29. The molecule has 86 valence electrons. The predicted molar refractivity (Wildman–Crippen MR) is 60.2 cm³/mol. The van der Waals surface area contributed by atoms with Crippen molar-refractivity contribution < 1.29 is 0 Å². The van der Waals surface area contributed by atoms with Crippen LogP contribution in [-0.4, -0.2) is 27.1 Å². The Bertz CT molecular complexity index is 383. The number of piperidine rings is 1. The van der Waals surface area contributed by atoms with Crippen LogP contribution in [0.1, 0.15) is 56.2 Å². The lowest BCUT2D eigenvalue weighted by molar-refractivity contribution is 0.278. The lowest BCUT2D eigenvalue weighted by atomic mass is 10.0. The molecule has 4 rings (SSSR count). The molecule has 1 aromatic rings. The zero-order valence-corrected chi connectivity index (χ0v) is 9.47. The lowest BCUT2D eigenvalue weighted by Gasteiger charge is -2.28. The second-order valence-electron chi connectivity index (χ2n) is 5.66. The highest BCUT2D eigenvalue weighted by molar-refractivity contribution is 5.09. The monoisotopic (exact) mass is 218 g/mol. The van der Waals surface area contributed by atoms with Gasteiger partial charge in [0.25, 0.3) is 0 Å². The Balaban J connectivity index is 1.55. The first-order valence-electron chi connectivity index (χ1n) is 6.56. The fourth-order valence-electron chi connectivity index (χ4n) is 3.28. The molecule has 2 unspecified atom stereocenters. The molecule has 4 heteroatoms. The van der Waals surface area contributed by atoms with Crippen LogP contribution in [0.25, 0.3) is 0 Å². The van der Waals surface area contributed by atoms with E-state index in [1.807, 2.05) is 0 Å². The van der Waals surface area contributed by atoms with Crippen LogP contribution in [0.2, 0.25) is 0 Å². The summed E-state index contributed by atoms with van der Waals surface area (Å²) in [5.41, 5.74) is 1.23. The zero-order valence-electron chi connectivity index (χ0n) is 9.47. The van der Waals surface area contributed by atoms with Crippen LogP contribution in [0.3, 0.4) is 0 Å². The van der Waals surface area contributed by atoms with Gasteiger partial charge in [0.1, 0.15) is 0 Å². The molecule has 3 fully saturated rings. The van der Waals surface area contributed by atoms with E-state index in [9.17, 15) is 0 Å². The molecular formula is C12H18N4. The van der Waals surface area contributed by atoms with Gasteiger partial charge in [-0.1, -0.05) is 5.21 Å². The van der Waals surface area contributed by atoms with Gasteiger partial charge in [-0.25, -0.2) is 4.68 Å². The van der Waals surface area contributed by atoms with E-state index in [-0.39, 0.29) is 0 Å². The molecule has 1 N–H and O–H groups in total. The summed E-state index contributed by atoms with van der Waals surface area (Å²) in [4.78, 5) is 0. The maximum absolute atomic E-state index is 4.34. The predicted octanol–water partition coefficient (Wildman–Crippen LogP) is 1.61. The number of fused-ring (bicyclic) bond motifs is 2. The minimum atomic E-state index is 0.596. The summed E-state index contributed by atoms with van der Waals surface area (Å²) < 4.78 is 2.14. The summed E-state index contributed by atoms with van der Waals surface area (Å²) in [6, 6.07) is 2.06. The van der Waals surface area contributed by atoms with Gasteiger partial charge in [0.15, 0.2) is 0 Å². The van der Waals surface area contributed by atoms with Gasteiger partial charge in [0.2, 0.25) is 0 Å². The molecule has 16 heavy (non-hydrogen) atoms. The van der Waals surface area contributed by atoms with E-state index in [1.54, 1.807) is 0 Å². The summed E-state index contributed by atoms with van der Waals surface area (Å²) in [5.74, 6) is 0.729. The van der Waals surface area contributed by atoms with Gasteiger partial charge < -0.3 is 5.32 Å². The van der Waals surface area contributed by atoms with E-state index >= 15 is 0 Å². The van der Waals surface area contributed by atoms with Crippen molar-refractivity contribution in [1.82, 2.24) is 20.3 Å². The van der Waals surface area contributed by atoms with E-state index in [0.29, 0.717) is 6.04 Å². The van der Waals surface area contributed by atoms with Crippen LogP contribution < -0.4 is 5.32 Å². The van der Waals surface area contributed by atoms with Crippen molar-refractivity contribution in [3.63, 3.8) is 0 Å². The summed E-state index contributed by atoms with van der Waals surface area (Å²) in [7, 11) is 0. The first-order chi connectivity index (χ1) is 7.88. The normalized spacial score (nSPS) is 37.9. The Morgan fingerprint density at radius 2 is 1.88 bits per heavy atom. The molecule has 2 atom stereocenters. The molecule has 4 nitrogen and oxygen atoms in total. The first kappa shape index (κ1) is 9.16. The molecular weight excluding hydrogens is 200 g/mol. The van der Waals surface area contributed by atoms with Gasteiger partial charge in [-0.15, -0.1) is 5.10 Å². The van der Waals surface area contributed by atoms with E-state index in [4.69, 9.17) is 0 Å². The highest BCUT2D eigenvalue weighted by Gasteiger charge is 2.35. The fraction of sp³-hybridized carbons (Fsp3) is 0.833. The number of aromatic nitrogens is 3. The maximum atomic E-state index is 4.34. The van der Waals surface area contributed by atoms with Crippen molar-refractivity contribution in [3.8, 4) is 0 Å². The maximum Gasteiger partial charge on any atom is 0.0858 e. The highest BCUT2D eigenvalue weighted by Crippen LogP contribution is 2.39. The Labute approximate surface area is 95.4 Å². The van der Waals surface area contributed by atoms with Gasteiger partial charge in [0.05, 0.1) is 11.7 Å². The van der Waals surface area contributed by atoms with Crippen molar-refractivity contribution in [2.24, 2.45) is 0 Å². The van der Waals surface area contributed by atoms with Crippen molar-refractivity contribution in [1.29, 1.82) is 0 Å². The molecule has 3 heterocycles. The lowest BCUT2D eigenvalue weighted by Crippen LogP contribution is -2.39. The fourth-order valence-corrected chi connectivity index (χ4v) is 3.28. The minimum absolute atomic E-state index is 0.596. The van der Waals surface area contributed by atoms with Crippen LogP contribution in [0.15, 0.2) is 6.20 Å². The zero-order chi connectivity index (χ0) is 10.5. The molecule has 2 bridgehead atoms. The average molecular weight is 218 g/mol. The van der Waals surface area contributed by atoms with Crippen molar-refractivity contribution in [2.45, 2.75) is 62.6 Å². The van der Waals surface area contributed by atoms with Crippen LogP contribution in [0.5, 0.6) is 0 Å². The van der Waals surface area contributed by atoms with Crippen molar-refractivity contribution >= 4 is 0 Å². The van der Waals surface area contributed by atoms with Gasteiger partial charge in [-0.2, -0.15) is 0 Å². The number of rotatable bonds is 2. The topological polar surface area (TPSA) is 42.7 Å². The van der Waals surface area contributed by atoms with E-state index in [1.165, 1.54) is 44.2 Å². The Morgan fingerprint density at radius 1 is 1.12 bits per heavy atom. The second-order valence-corrected chi connectivity index (χ2v) is 5.66. The largest absolute Gasteiger partial charge is 0.311 e. The number of hydrogen-bond donors (Lipinski definition) is 1. The molecule has 0 amide bonds. The molecule has 0 radical (unpaired) electrons. The summed E-state index contributed by atoms with van der Waals surface area (Å²) in [6.07, 6.45) is 10.0. The highest BCUT2D eigenvalue weighted by atomic mass is 15.4. The molecule has 1 aliphatic carbocycles. The van der Waals surface area contributed by atoms with E-state index in [2.05, 4.69) is 26.5 Å². The van der Waals surface area contributed by atoms with Crippen molar-refractivity contribution in [3.05, 3.63) is 11.9 Å². The molecule has 0 aromatic carbocycles. The Kier molecular flexibility index (Phi) is 1.89. The van der Waals surface area contributed by atoms with Crippen LogP contribution in [0.4, 0.5) is 0 Å². The summed E-state index contributed by atoms with van der Waals surface area (Å²) >= 11 is 0. The Hall–Kier alpha value is -0.900. The number of hydrogen-bond acceptors (Lipinski definition) is 3. The average Bonchev–Trinajstić information content (AvgIpc) is 2.94. The van der Waals surface area contributed by atoms with Gasteiger partial charge in [-0.3, -0.25) is 0 Å². The molecule has 1 aromatic heterocycles. The van der Waals surface area contributed by atoms with Crippen LogP contribution in [0, 0.1) is 0 Å². The standard InChI is InChI=1S/C12H18N4/c1-2-8(1)12-7-16(15-14-12)11-5-9-3-4-10(6-11)13-9/h7-11,13H,1-6H2. The van der Waals surface area contributed by atoms with Gasteiger partial charge in [-0.05, 0) is 38.5 Å². The third kappa shape index (κ3) is 1.47. The quantitative estimate of drug-likeness (QED) is 0.820. The summed E-state index contributed by atoms with van der Waals surface area (Å²) in [5, 5.41) is 12.3. The first-order valence-corrected chi connectivity index (χ1v) is 6.56. The molecule has 1 saturated carbocycles. The number of nitrogens with one attached hydrogen (secondary N) is 1. The Morgan fingerprint density at radius 3 is 2.56 bits per heavy atom. The SMILES string of the molecule is c1c(C2CC2)nnn1C1CC2CCC(C1)N2. The summed E-state index contributed by atoms with van der Waals surface area (Å²) in [6.45, 7) is 0. The van der Waals surface area contributed by atoms with Gasteiger partial charge >= 0.3 is 0 Å². The third-order valence-corrected chi connectivity index (χ3v) is 4.35. The van der Waals surface area contributed by atoms with Crippen LogP contribution >= 0.6 is 0 Å². The third-order valence-electron chi connectivity index (χ3n) is 4.35. The van der Waals surface area contributed by atoms with Gasteiger partial charge in [0, 0.05) is 24.2 Å². The number of nitrogens with zero attached hydrogens (tertiary/aromatic N) is 3. The molecule has 2 saturated heterocycles. The molecule has 3 aliphatic rings. The van der Waals surface area contributed by atoms with Crippen LogP contribution in [-0.2, 0) is 0 Å². The smallest absolute Gasteiger partial charge is 0.0858 e. The van der Waals surface area contributed by atoms with Crippen molar-refractivity contribution in [2.75, 3.05) is 0 Å². The van der Waals surface area contributed by atoms with E-state index < -0.39 is 0 Å². The minimum Gasteiger partial charge on any atom is -0.311 e. The van der Waals surface area contributed by atoms with E-state index in [0.717, 1.165) is 18.0 Å².